The minimum absolute atomic E-state index is 0.0329. The number of aliphatic hydroxyl groups is 1. The lowest BCUT2D eigenvalue weighted by molar-refractivity contribution is -0.0388. The van der Waals surface area contributed by atoms with Crippen LogP contribution >= 0.6 is 0 Å². The summed E-state index contributed by atoms with van der Waals surface area (Å²) < 4.78 is 19.6. The zero-order valence-corrected chi connectivity index (χ0v) is 12.1. The van der Waals surface area contributed by atoms with Crippen LogP contribution in [0.15, 0.2) is 18.2 Å². The molecule has 1 aliphatic rings. The fraction of sp³-hybridized carbons (Fsp3) is 0.438. The van der Waals surface area contributed by atoms with Crippen molar-refractivity contribution in [3.8, 4) is 11.8 Å². The van der Waals surface area contributed by atoms with Crippen LogP contribution in [0.4, 0.5) is 4.39 Å². The van der Waals surface area contributed by atoms with Gasteiger partial charge in [-0.25, -0.2) is 4.39 Å². The maximum atomic E-state index is 14.1. The Bertz CT molecular complexity index is 591. The van der Waals surface area contributed by atoms with E-state index in [1.54, 1.807) is 11.0 Å². The molecule has 0 radical (unpaired) electrons. The summed E-state index contributed by atoms with van der Waals surface area (Å²) in [6.45, 7) is 4.38. The Morgan fingerprint density at radius 1 is 1.52 bits per heavy atom. The summed E-state index contributed by atoms with van der Waals surface area (Å²) in [4.78, 5) is 14.1. The van der Waals surface area contributed by atoms with E-state index in [2.05, 4.69) is 11.8 Å². The van der Waals surface area contributed by atoms with Gasteiger partial charge in [0.1, 0.15) is 12.4 Å². The van der Waals surface area contributed by atoms with Crippen LogP contribution < -0.4 is 0 Å². The van der Waals surface area contributed by atoms with Gasteiger partial charge in [0.05, 0.1) is 24.3 Å². The maximum absolute atomic E-state index is 14.1. The molecule has 21 heavy (non-hydrogen) atoms. The van der Waals surface area contributed by atoms with Crippen LogP contribution in [-0.2, 0) is 4.74 Å². The van der Waals surface area contributed by atoms with E-state index in [0.717, 1.165) is 0 Å². The monoisotopic (exact) mass is 291 g/mol. The number of morpholine rings is 1. The van der Waals surface area contributed by atoms with E-state index in [4.69, 9.17) is 9.84 Å². The molecule has 0 saturated carbocycles. The lowest BCUT2D eigenvalue weighted by atomic mass is 10.1. The second kappa shape index (κ2) is 6.70. The molecule has 112 valence electrons. The van der Waals surface area contributed by atoms with Gasteiger partial charge in [-0.1, -0.05) is 11.8 Å². The Morgan fingerprint density at radius 3 is 2.95 bits per heavy atom. The Balaban J connectivity index is 2.22. The van der Waals surface area contributed by atoms with Crippen LogP contribution in [0.1, 0.15) is 29.8 Å². The van der Waals surface area contributed by atoms with Crippen LogP contribution in [0.2, 0.25) is 0 Å². The van der Waals surface area contributed by atoms with Crippen LogP contribution in [-0.4, -0.2) is 47.8 Å². The summed E-state index contributed by atoms with van der Waals surface area (Å²) in [5.41, 5.74) is 0.465. The number of amides is 1. The fourth-order valence-corrected chi connectivity index (χ4v) is 2.25. The Hall–Kier alpha value is -1.90. The summed E-state index contributed by atoms with van der Waals surface area (Å²) in [6.07, 6.45) is -0.0529. The molecule has 1 amide bonds. The summed E-state index contributed by atoms with van der Waals surface area (Å²) in [5, 5.41) is 8.62. The van der Waals surface area contributed by atoms with E-state index in [1.807, 2.05) is 13.8 Å². The van der Waals surface area contributed by atoms with E-state index >= 15 is 0 Å². The normalized spacial score (nSPS) is 21.6. The first-order valence-electron chi connectivity index (χ1n) is 6.84. The topological polar surface area (TPSA) is 49.8 Å². The van der Waals surface area contributed by atoms with Crippen molar-refractivity contribution in [2.24, 2.45) is 0 Å². The molecule has 1 aliphatic heterocycles. The first-order chi connectivity index (χ1) is 10.0. The lowest BCUT2D eigenvalue weighted by Gasteiger charge is -2.36. The van der Waals surface area contributed by atoms with Gasteiger partial charge >= 0.3 is 0 Å². The number of carbonyl (C=O) groups is 1. The largest absolute Gasteiger partial charge is 0.384 e. The van der Waals surface area contributed by atoms with Crippen LogP contribution in [0.25, 0.3) is 0 Å². The number of hydrogen-bond donors (Lipinski definition) is 1. The van der Waals surface area contributed by atoms with Crippen molar-refractivity contribution in [1.82, 2.24) is 4.90 Å². The molecule has 0 aliphatic carbocycles. The molecular formula is C16H18FNO3. The standard InChI is InChI=1S/C16H18FNO3/c1-11-10-21-12(2)9-18(11)16(20)14-6-5-13(4-3-7-19)8-15(14)17/h5-6,8,11-12,19H,7,9-10H2,1-2H3. The summed E-state index contributed by atoms with van der Waals surface area (Å²) in [5.74, 6) is 4.12. The van der Waals surface area contributed by atoms with E-state index in [0.29, 0.717) is 18.7 Å². The third-order valence-electron chi connectivity index (χ3n) is 3.38. The third-order valence-corrected chi connectivity index (χ3v) is 3.38. The number of benzene rings is 1. The highest BCUT2D eigenvalue weighted by molar-refractivity contribution is 5.95. The van der Waals surface area contributed by atoms with E-state index in [9.17, 15) is 9.18 Å². The smallest absolute Gasteiger partial charge is 0.257 e. The average molecular weight is 291 g/mol. The molecule has 1 saturated heterocycles. The number of hydrogen-bond acceptors (Lipinski definition) is 3. The fourth-order valence-electron chi connectivity index (χ4n) is 2.25. The van der Waals surface area contributed by atoms with Gasteiger partial charge in [-0.05, 0) is 32.0 Å². The van der Waals surface area contributed by atoms with Crippen molar-refractivity contribution in [3.63, 3.8) is 0 Å². The highest BCUT2D eigenvalue weighted by Gasteiger charge is 2.29. The van der Waals surface area contributed by atoms with Crippen LogP contribution in [0, 0.1) is 17.7 Å². The number of rotatable bonds is 1. The van der Waals surface area contributed by atoms with Crippen molar-refractivity contribution < 1.29 is 19.0 Å². The Labute approximate surface area is 123 Å². The van der Waals surface area contributed by atoms with E-state index in [-0.39, 0.29) is 30.2 Å². The lowest BCUT2D eigenvalue weighted by Crippen LogP contribution is -2.50. The van der Waals surface area contributed by atoms with Gasteiger partial charge < -0.3 is 14.7 Å². The molecule has 0 aromatic heterocycles. The molecule has 1 aromatic carbocycles. The number of aliphatic hydroxyl groups excluding tert-OH is 1. The van der Waals surface area contributed by atoms with Gasteiger partial charge in [0, 0.05) is 12.1 Å². The maximum Gasteiger partial charge on any atom is 0.257 e. The Morgan fingerprint density at radius 2 is 2.29 bits per heavy atom. The van der Waals surface area contributed by atoms with Crippen molar-refractivity contribution >= 4 is 5.91 Å². The molecule has 0 bridgehead atoms. The summed E-state index contributed by atoms with van der Waals surface area (Å²) in [6, 6.07) is 4.14. The number of nitrogens with zero attached hydrogens (tertiary/aromatic N) is 1. The second-order valence-electron chi connectivity index (χ2n) is 5.11. The molecule has 2 atom stereocenters. The Kier molecular flexibility index (Phi) is 4.94. The van der Waals surface area contributed by atoms with Gasteiger partial charge in [-0.2, -0.15) is 0 Å². The quantitative estimate of drug-likeness (QED) is 0.796. The zero-order chi connectivity index (χ0) is 15.4. The predicted molar refractivity (Wildman–Crippen MR) is 76.3 cm³/mol. The van der Waals surface area contributed by atoms with Crippen molar-refractivity contribution in [2.75, 3.05) is 19.8 Å². The first-order valence-corrected chi connectivity index (χ1v) is 6.84. The van der Waals surface area contributed by atoms with Gasteiger partial charge in [0.25, 0.3) is 5.91 Å². The van der Waals surface area contributed by atoms with E-state index < -0.39 is 5.82 Å². The zero-order valence-electron chi connectivity index (χ0n) is 12.1. The molecular weight excluding hydrogens is 273 g/mol. The molecule has 0 spiro atoms. The van der Waals surface area contributed by atoms with Crippen molar-refractivity contribution in [3.05, 3.63) is 35.1 Å². The van der Waals surface area contributed by atoms with Gasteiger partial charge in [-0.15, -0.1) is 0 Å². The number of halogens is 1. The highest BCUT2D eigenvalue weighted by atomic mass is 19.1. The summed E-state index contributed by atoms with van der Waals surface area (Å²) >= 11 is 0. The predicted octanol–water partition coefficient (Wildman–Crippen LogP) is 1.42. The SMILES string of the molecule is CC1CN(C(=O)c2ccc(C#CCO)cc2F)C(C)CO1. The number of ether oxygens (including phenoxy) is 1. The van der Waals surface area contributed by atoms with Gasteiger partial charge in [0.2, 0.25) is 0 Å². The van der Waals surface area contributed by atoms with E-state index in [1.165, 1.54) is 12.1 Å². The molecule has 5 heteroatoms. The molecule has 1 fully saturated rings. The molecule has 1 heterocycles. The van der Waals surface area contributed by atoms with Crippen LogP contribution in [0.3, 0.4) is 0 Å². The second-order valence-corrected chi connectivity index (χ2v) is 5.11. The van der Waals surface area contributed by atoms with Crippen molar-refractivity contribution in [2.45, 2.75) is 26.0 Å². The average Bonchev–Trinajstić information content (AvgIpc) is 2.47. The molecule has 4 nitrogen and oxygen atoms in total. The van der Waals surface area contributed by atoms with Gasteiger partial charge in [0.15, 0.2) is 0 Å². The minimum atomic E-state index is -0.601. The van der Waals surface area contributed by atoms with Gasteiger partial charge in [-0.3, -0.25) is 4.79 Å². The third kappa shape index (κ3) is 3.60. The highest BCUT2D eigenvalue weighted by Crippen LogP contribution is 2.18. The first kappa shape index (κ1) is 15.5. The molecule has 1 aromatic rings. The van der Waals surface area contributed by atoms with Crippen LogP contribution in [0.5, 0.6) is 0 Å². The summed E-state index contributed by atoms with van der Waals surface area (Å²) in [7, 11) is 0. The molecule has 2 rings (SSSR count). The number of carbonyl (C=O) groups excluding carboxylic acids is 1. The molecule has 2 unspecified atom stereocenters. The minimum Gasteiger partial charge on any atom is -0.384 e. The molecule has 1 N–H and O–H groups in total. The van der Waals surface area contributed by atoms with Crippen molar-refractivity contribution in [1.29, 1.82) is 0 Å².